The molecule has 0 aliphatic rings. The first-order valence-electron chi connectivity index (χ1n) is 5.73. The topological polar surface area (TPSA) is 86.1 Å². The normalized spacial score (nSPS) is 10.2. The van der Waals surface area contributed by atoms with E-state index in [9.17, 15) is 14.0 Å². The molecule has 1 aromatic carbocycles. The second kappa shape index (κ2) is 6.31. The summed E-state index contributed by atoms with van der Waals surface area (Å²) in [5.74, 6) is -1.84. The summed E-state index contributed by atoms with van der Waals surface area (Å²) < 4.78 is 19.1. The number of amides is 1. The van der Waals surface area contributed by atoms with Gasteiger partial charge in [-0.05, 0) is 18.2 Å². The Labute approximate surface area is 123 Å². The molecule has 0 atom stereocenters. The number of esters is 1. The van der Waals surface area contributed by atoms with E-state index in [-0.39, 0.29) is 22.9 Å². The molecule has 0 aliphatic heterocycles. The predicted molar refractivity (Wildman–Crippen MR) is 71.4 cm³/mol. The van der Waals surface area contributed by atoms with Crippen LogP contribution in [0.1, 0.15) is 10.5 Å². The molecule has 0 unspecified atom stereocenters. The smallest absolute Gasteiger partial charge is 0.360 e. The van der Waals surface area contributed by atoms with Crippen LogP contribution in [0.4, 0.5) is 10.1 Å². The molecular weight excluding hydrogens is 303 g/mol. The molecule has 0 saturated heterocycles. The highest BCUT2D eigenvalue weighted by molar-refractivity contribution is 6.30. The van der Waals surface area contributed by atoms with Crippen LogP contribution in [0.5, 0.6) is 0 Å². The van der Waals surface area contributed by atoms with Gasteiger partial charge in [0.2, 0.25) is 5.91 Å². The third-order valence-corrected chi connectivity index (χ3v) is 2.68. The van der Waals surface area contributed by atoms with Crippen LogP contribution in [-0.2, 0) is 16.1 Å². The molecular formula is C12H10ClFN4O3. The van der Waals surface area contributed by atoms with Crippen molar-refractivity contribution < 1.29 is 18.7 Å². The second-order valence-electron chi connectivity index (χ2n) is 3.97. The molecule has 0 aliphatic carbocycles. The van der Waals surface area contributed by atoms with Crippen molar-refractivity contribution in [3.8, 4) is 0 Å². The quantitative estimate of drug-likeness (QED) is 0.865. The third-order valence-electron chi connectivity index (χ3n) is 2.44. The van der Waals surface area contributed by atoms with Gasteiger partial charge in [-0.2, -0.15) is 0 Å². The number of ether oxygens (including phenoxy) is 1. The number of methoxy groups -OCH3 is 1. The molecule has 1 N–H and O–H groups in total. The number of rotatable bonds is 4. The van der Waals surface area contributed by atoms with Gasteiger partial charge in [0, 0.05) is 5.02 Å². The lowest BCUT2D eigenvalue weighted by Gasteiger charge is -2.06. The molecule has 0 radical (unpaired) electrons. The van der Waals surface area contributed by atoms with Gasteiger partial charge in [-0.3, -0.25) is 4.79 Å². The fourth-order valence-electron chi connectivity index (χ4n) is 1.50. The summed E-state index contributed by atoms with van der Waals surface area (Å²) in [6.07, 6.45) is 1.25. The van der Waals surface area contributed by atoms with Gasteiger partial charge in [0.15, 0.2) is 5.69 Å². The molecule has 1 heterocycles. The largest absolute Gasteiger partial charge is 0.464 e. The van der Waals surface area contributed by atoms with Crippen LogP contribution in [-0.4, -0.2) is 34.0 Å². The van der Waals surface area contributed by atoms with Crippen molar-refractivity contribution in [1.82, 2.24) is 15.0 Å². The van der Waals surface area contributed by atoms with E-state index in [4.69, 9.17) is 11.6 Å². The minimum Gasteiger partial charge on any atom is -0.464 e. The molecule has 2 aromatic rings. The molecule has 1 aromatic heterocycles. The fourth-order valence-corrected chi connectivity index (χ4v) is 1.66. The van der Waals surface area contributed by atoms with Gasteiger partial charge in [0.1, 0.15) is 12.4 Å². The van der Waals surface area contributed by atoms with Gasteiger partial charge in [0.25, 0.3) is 0 Å². The zero-order valence-corrected chi connectivity index (χ0v) is 11.6. The molecule has 0 bridgehead atoms. The number of aromatic nitrogens is 3. The standard InChI is InChI=1S/C12H10ClFN4O3/c1-21-12(20)10-5-18(17-16-10)6-11(19)15-9-3-2-7(13)4-8(9)14/h2-5H,6H2,1H3,(H,15,19). The van der Waals surface area contributed by atoms with Crippen molar-refractivity contribution in [1.29, 1.82) is 0 Å². The molecule has 2 rings (SSSR count). The summed E-state index contributed by atoms with van der Waals surface area (Å²) in [6.45, 7) is -0.230. The number of nitrogens with zero attached hydrogens (tertiary/aromatic N) is 3. The van der Waals surface area contributed by atoms with Gasteiger partial charge in [-0.25, -0.2) is 13.9 Å². The minimum atomic E-state index is -0.662. The van der Waals surface area contributed by atoms with Gasteiger partial charge >= 0.3 is 5.97 Å². The number of halogens is 2. The maximum absolute atomic E-state index is 13.5. The Hall–Kier alpha value is -2.48. The Bertz CT molecular complexity index is 689. The highest BCUT2D eigenvalue weighted by Gasteiger charge is 2.13. The molecule has 0 fully saturated rings. The number of hydrogen-bond acceptors (Lipinski definition) is 5. The average Bonchev–Trinajstić information content (AvgIpc) is 2.89. The Morgan fingerprint density at radius 2 is 2.24 bits per heavy atom. The van der Waals surface area contributed by atoms with Gasteiger partial charge in [-0.15, -0.1) is 5.10 Å². The first-order chi connectivity index (χ1) is 9.99. The number of carbonyl (C=O) groups excluding carboxylic acids is 2. The van der Waals surface area contributed by atoms with Crippen molar-refractivity contribution in [3.05, 3.63) is 40.9 Å². The number of anilines is 1. The molecule has 1 amide bonds. The van der Waals surface area contributed by atoms with E-state index in [1.165, 1.54) is 25.4 Å². The average molecular weight is 313 g/mol. The number of carbonyl (C=O) groups is 2. The first kappa shape index (κ1) is 14.9. The van der Waals surface area contributed by atoms with Crippen LogP contribution < -0.4 is 5.32 Å². The number of hydrogen-bond donors (Lipinski definition) is 1. The predicted octanol–water partition coefficient (Wildman–Crippen LogP) is 1.50. The summed E-state index contributed by atoms with van der Waals surface area (Å²) in [6, 6.07) is 3.88. The van der Waals surface area contributed by atoms with E-state index in [1.54, 1.807) is 0 Å². The lowest BCUT2D eigenvalue weighted by atomic mass is 10.3. The lowest BCUT2D eigenvalue weighted by molar-refractivity contribution is -0.117. The second-order valence-corrected chi connectivity index (χ2v) is 4.40. The lowest BCUT2D eigenvalue weighted by Crippen LogP contribution is -2.19. The Balaban J connectivity index is 2.01. The van der Waals surface area contributed by atoms with Gasteiger partial charge < -0.3 is 10.1 Å². The summed E-state index contributed by atoms with van der Waals surface area (Å²) in [4.78, 5) is 22.9. The summed E-state index contributed by atoms with van der Waals surface area (Å²) in [5.41, 5.74) is -0.0271. The van der Waals surface area contributed by atoms with Crippen molar-refractivity contribution in [2.24, 2.45) is 0 Å². The van der Waals surface area contributed by atoms with Crippen molar-refractivity contribution in [2.75, 3.05) is 12.4 Å². The van der Waals surface area contributed by atoms with Crippen molar-refractivity contribution in [2.45, 2.75) is 6.54 Å². The molecule has 110 valence electrons. The Kier molecular flexibility index (Phi) is 4.49. The van der Waals surface area contributed by atoms with Gasteiger partial charge in [-0.1, -0.05) is 16.8 Å². The molecule has 9 heteroatoms. The highest BCUT2D eigenvalue weighted by atomic mass is 35.5. The van der Waals surface area contributed by atoms with Crippen LogP contribution in [0.2, 0.25) is 5.02 Å². The fraction of sp³-hybridized carbons (Fsp3) is 0.167. The highest BCUT2D eigenvalue weighted by Crippen LogP contribution is 2.18. The van der Waals surface area contributed by atoms with Crippen molar-refractivity contribution in [3.63, 3.8) is 0 Å². The van der Waals surface area contributed by atoms with E-state index in [1.807, 2.05) is 0 Å². The maximum atomic E-state index is 13.5. The van der Waals surface area contributed by atoms with E-state index < -0.39 is 17.7 Å². The SMILES string of the molecule is COC(=O)c1cn(CC(=O)Nc2ccc(Cl)cc2F)nn1. The molecule has 7 nitrogen and oxygen atoms in total. The van der Waals surface area contributed by atoms with Gasteiger partial charge in [0.05, 0.1) is 19.0 Å². The third kappa shape index (κ3) is 3.76. The van der Waals surface area contributed by atoms with E-state index in [0.717, 1.165) is 10.7 Å². The van der Waals surface area contributed by atoms with Crippen LogP contribution in [0, 0.1) is 5.82 Å². The molecule has 0 spiro atoms. The molecule has 21 heavy (non-hydrogen) atoms. The van der Waals surface area contributed by atoms with Crippen LogP contribution in [0.3, 0.4) is 0 Å². The van der Waals surface area contributed by atoms with Crippen LogP contribution in [0.25, 0.3) is 0 Å². The summed E-state index contributed by atoms with van der Waals surface area (Å²) in [5, 5.41) is 9.72. The van der Waals surface area contributed by atoms with E-state index in [2.05, 4.69) is 20.4 Å². The Morgan fingerprint density at radius 3 is 2.90 bits per heavy atom. The molecule has 0 saturated carbocycles. The minimum absolute atomic E-state index is 0.00212. The number of benzene rings is 1. The van der Waals surface area contributed by atoms with Crippen molar-refractivity contribution >= 4 is 29.2 Å². The summed E-state index contributed by atoms with van der Waals surface area (Å²) >= 11 is 5.61. The van der Waals surface area contributed by atoms with E-state index >= 15 is 0 Å². The number of nitrogens with one attached hydrogen (secondary N) is 1. The zero-order chi connectivity index (χ0) is 15.4. The maximum Gasteiger partial charge on any atom is 0.360 e. The zero-order valence-electron chi connectivity index (χ0n) is 10.8. The Morgan fingerprint density at radius 1 is 1.48 bits per heavy atom. The monoisotopic (exact) mass is 312 g/mol. The van der Waals surface area contributed by atoms with E-state index in [0.29, 0.717) is 0 Å². The first-order valence-corrected chi connectivity index (χ1v) is 6.10. The summed E-state index contributed by atoms with van der Waals surface area (Å²) in [7, 11) is 1.21. The van der Waals surface area contributed by atoms with Crippen LogP contribution >= 0.6 is 11.6 Å². The van der Waals surface area contributed by atoms with Crippen LogP contribution in [0.15, 0.2) is 24.4 Å².